The van der Waals surface area contributed by atoms with Gasteiger partial charge in [0.05, 0.1) is 12.0 Å². The lowest BCUT2D eigenvalue weighted by Crippen LogP contribution is -2.41. The van der Waals surface area contributed by atoms with Crippen LogP contribution in [0.15, 0.2) is 23.1 Å². The normalized spacial score (nSPS) is 13.2. The Balaban J connectivity index is 3.22. The molecule has 1 N–H and O–H groups in total. The second-order valence-electron chi connectivity index (χ2n) is 4.41. The smallest absolute Gasteiger partial charge is 0.321 e. The molecule has 0 bridgehead atoms. The van der Waals surface area contributed by atoms with E-state index >= 15 is 0 Å². The fraction of sp³-hybridized carbons (Fsp3) is 0.462. The molecule has 1 rings (SSSR count). The van der Waals surface area contributed by atoms with Gasteiger partial charge in [-0.15, -0.1) is 0 Å². The Labute approximate surface area is 119 Å². The third-order valence-corrected chi connectivity index (χ3v) is 5.02. The van der Waals surface area contributed by atoms with E-state index in [4.69, 9.17) is 9.84 Å². The average molecular weight is 301 g/mol. The summed E-state index contributed by atoms with van der Waals surface area (Å²) >= 11 is 0. The average Bonchev–Trinajstić information content (AvgIpc) is 2.38. The second-order valence-corrected chi connectivity index (χ2v) is 6.41. The van der Waals surface area contributed by atoms with Crippen molar-refractivity contribution in [2.24, 2.45) is 0 Å². The summed E-state index contributed by atoms with van der Waals surface area (Å²) in [6.07, 6.45) is 0.195. The zero-order chi connectivity index (χ0) is 15.5. The number of aryl methyl sites for hydroxylation is 1. The number of aliphatic carboxylic acids is 1. The van der Waals surface area contributed by atoms with Gasteiger partial charge in [-0.2, -0.15) is 4.31 Å². The third-order valence-electron chi connectivity index (χ3n) is 3.15. The maximum atomic E-state index is 12.4. The Hall–Kier alpha value is -1.60. The highest BCUT2D eigenvalue weighted by Gasteiger charge is 2.31. The number of rotatable bonds is 6. The van der Waals surface area contributed by atoms with Crippen molar-refractivity contribution in [3.63, 3.8) is 0 Å². The largest absolute Gasteiger partial charge is 0.496 e. The highest BCUT2D eigenvalue weighted by Crippen LogP contribution is 2.24. The molecule has 6 nitrogen and oxygen atoms in total. The number of benzene rings is 1. The Kier molecular flexibility index (Phi) is 5.13. The van der Waals surface area contributed by atoms with Gasteiger partial charge >= 0.3 is 5.97 Å². The molecule has 1 atom stereocenters. The predicted octanol–water partition coefficient (Wildman–Crippen LogP) is 1.49. The van der Waals surface area contributed by atoms with Crippen LogP contribution in [0, 0.1) is 6.92 Å². The van der Waals surface area contributed by atoms with Gasteiger partial charge in [0.15, 0.2) is 0 Å². The highest BCUT2D eigenvalue weighted by molar-refractivity contribution is 7.89. The Morgan fingerprint density at radius 3 is 2.45 bits per heavy atom. The number of likely N-dealkylation sites (N-methyl/N-ethyl adjacent to an activating group) is 1. The number of carboxylic acids is 1. The quantitative estimate of drug-likeness (QED) is 0.860. The summed E-state index contributed by atoms with van der Waals surface area (Å²) in [5.41, 5.74) is 0.672. The number of ether oxygens (including phenoxy) is 1. The molecule has 0 aliphatic rings. The van der Waals surface area contributed by atoms with Crippen LogP contribution < -0.4 is 4.74 Å². The van der Waals surface area contributed by atoms with Crippen molar-refractivity contribution in [2.45, 2.75) is 31.2 Å². The number of carboxylic acid groups (broad SMARTS) is 1. The summed E-state index contributed by atoms with van der Waals surface area (Å²) in [5.74, 6) is -0.583. The number of sulfonamides is 1. The minimum Gasteiger partial charge on any atom is -0.496 e. The molecular formula is C13H19NO5S. The van der Waals surface area contributed by atoms with Gasteiger partial charge in [-0.3, -0.25) is 4.79 Å². The van der Waals surface area contributed by atoms with E-state index in [-0.39, 0.29) is 11.3 Å². The lowest BCUT2D eigenvalue weighted by molar-refractivity contribution is -0.141. The lowest BCUT2D eigenvalue weighted by atomic mass is 10.2. The molecule has 0 spiro atoms. The van der Waals surface area contributed by atoms with Gasteiger partial charge in [-0.25, -0.2) is 8.42 Å². The molecule has 0 saturated carbocycles. The van der Waals surface area contributed by atoms with E-state index < -0.39 is 22.0 Å². The van der Waals surface area contributed by atoms with Crippen LogP contribution in [0.1, 0.15) is 18.9 Å². The molecule has 112 valence electrons. The molecule has 0 saturated heterocycles. The third kappa shape index (κ3) is 3.10. The fourth-order valence-corrected chi connectivity index (χ4v) is 3.40. The Bertz CT molecular complexity index is 597. The van der Waals surface area contributed by atoms with E-state index in [1.807, 2.05) is 0 Å². The molecule has 0 amide bonds. The van der Waals surface area contributed by atoms with Gasteiger partial charge in [0.2, 0.25) is 10.0 Å². The highest BCUT2D eigenvalue weighted by atomic mass is 32.2. The maximum Gasteiger partial charge on any atom is 0.321 e. The Morgan fingerprint density at radius 2 is 2.05 bits per heavy atom. The second kappa shape index (κ2) is 6.23. The van der Waals surface area contributed by atoms with E-state index in [1.165, 1.54) is 26.3 Å². The van der Waals surface area contributed by atoms with Crippen LogP contribution in [0.5, 0.6) is 5.75 Å². The maximum absolute atomic E-state index is 12.4. The van der Waals surface area contributed by atoms with Gasteiger partial charge in [0.25, 0.3) is 0 Å². The van der Waals surface area contributed by atoms with Gasteiger partial charge < -0.3 is 9.84 Å². The first-order chi connectivity index (χ1) is 9.25. The summed E-state index contributed by atoms with van der Waals surface area (Å²) in [6, 6.07) is 3.35. The van der Waals surface area contributed by atoms with Crippen molar-refractivity contribution >= 4 is 16.0 Å². The molecule has 0 radical (unpaired) electrons. The van der Waals surface area contributed by atoms with Crippen molar-refractivity contribution in [1.82, 2.24) is 4.31 Å². The first kappa shape index (κ1) is 16.5. The van der Waals surface area contributed by atoms with Crippen molar-refractivity contribution in [1.29, 1.82) is 0 Å². The summed E-state index contributed by atoms with van der Waals surface area (Å²) in [6.45, 7) is 3.36. The molecule has 0 fully saturated rings. The predicted molar refractivity (Wildman–Crippen MR) is 74.4 cm³/mol. The summed E-state index contributed by atoms with van der Waals surface area (Å²) in [5, 5.41) is 9.06. The van der Waals surface area contributed by atoms with Gasteiger partial charge in [-0.1, -0.05) is 6.92 Å². The molecule has 0 aromatic heterocycles. The van der Waals surface area contributed by atoms with Crippen LogP contribution in [-0.2, 0) is 14.8 Å². The van der Waals surface area contributed by atoms with Crippen molar-refractivity contribution in [3.05, 3.63) is 23.8 Å². The summed E-state index contributed by atoms with van der Waals surface area (Å²) < 4.78 is 30.8. The van der Waals surface area contributed by atoms with Crippen LogP contribution in [0.4, 0.5) is 0 Å². The standard InChI is InChI=1S/C13H19NO5S/c1-5-11(13(15)16)14(3)20(17,18)10-6-7-12(19-4)9(2)8-10/h6-8,11H,5H2,1-4H3,(H,15,16). The van der Waals surface area contributed by atoms with E-state index in [0.29, 0.717) is 11.3 Å². The molecule has 1 aromatic carbocycles. The number of hydrogen-bond acceptors (Lipinski definition) is 4. The van der Waals surface area contributed by atoms with Gasteiger partial charge in [0, 0.05) is 7.05 Å². The minimum atomic E-state index is -3.85. The molecular weight excluding hydrogens is 282 g/mol. The summed E-state index contributed by atoms with van der Waals surface area (Å²) in [7, 11) is -1.07. The minimum absolute atomic E-state index is 0.0537. The van der Waals surface area contributed by atoms with E-state index in [0.717, 1.165) is 4.31 Å². The fourth-order valence-electron chi connectivity index (χ4n) is 1.93. The first-order valence-electron chi connectivity index (χ1n) is 6.11. The van der Waals surface area contributed by atoms with Gasteiger partial charge in [-0.05, 0) is 37.1 Å². The van der Waals surface area contributed by atoms with Crippen LogP contribution >= 0.6 is 0 Å². The molecule has 1 aromatic rings. The molecule has 0 aliphatic carbocycles. The molecule has 20 heavy (non-hydrogen) atoms. The number of nitrogens with zero attached hydrogens (tertiary/aromatic N) is 1. The van der Waals surface area contributed by atoms with Crippen molar-refractivity contribution in [2.75, 3.05) is 14.2 Å². The van der Waals surface area contributed by atoms with Crippen molar-refractivity contribution in [3.8, 4) is 5.75 Å². The van der Waals surface area contributed by atoms with E-state index in [2.05, 4.69) is 0 Å². The lowest BCUT2D eigenvalue weighted by Gasteiger charge is -2.23. The Morgan fingerprint density at radius 1 is 1.45 bits per heavy atom. The molecule has 0 heterocycles. The van der Waals surface area contributed by atoms with Crippen molar-refractivity contribution < 1.29 is 23.1 Å². The van der Waals surface area contributed by atoms with E-state index in [9.17, 15) is 13.2 Å². The number of hydrogen-bond donors (Lipinski definition) is 1. The topological polar surface area (TPSA) is 83.9 Å². The van der Waals surface area contributed by atoms with Crippen LogP contribution in [0.3, 0.4) is 0 Å². The SMILES string of the molecule is CCC(C(=O)O)N(C)S(=O)(=O)c1ccc(OC)c(C)c1. The summed E-state index contributed by atoms with van der Waals surface area (Å²) in [4.78, 5) is 11.1. The number of methoxy groups -OCH3 is 1. The zero-order valence-corrected chi connectivity index (χ0v) is 12.8. The molecule has 0 aliphatic heterocycles. The number of carbonyl (C=O) groups is 1. The van der Waals surface area contributed by atoms with Crippen LogP contribution in [0.2, 0.25) is 0 Å². The van der Waals surface area contributed by atoms with E-state index in [1.54, 1.807) is 19.9 Å². The molecule has 7 heteroatoms. The molecule has 1 unspecified atom stereocenters. The monoisotopic (exact) mass is 301 g/mol. The van der Waals surface area contributed by atoms with Crippen LogP contribution in [-0.4, -0.2) is 44.0 Å². The van der Waals surface area contributed by atoms with Gasteiger partial charge in [0.1, 0.15) is 11.8 Å². The first-order valence-corrected chi connectivity index (χ1v) is 7.55. The zero-order valence-electron chi connectivity index (χ0n) is 12.0. The van der Waals surface area contributed by atoms with Crippen LogP contribution in [0.25, 0.3) is 0 Å².